The van der Waals surface area contributed by atoms with Crippen molar-refractivity contribution >= 4 is 40.1 Å². The molecule has 2 amide bonds. The maximum atomic E-state index is 13.4. The van der Waals surface area contributed by atoms with Gasteiger partial charge < -0.3 is 10.4 Å². The molecule has 0 saturated carbocycles. The van der Waals surface area contributed by atoms with Gasteiger partial charge in [-0.1, -0.05) is 0 Å². The Bertz CT molecular complexity index is 596. The van der Waals surface area contributed by atoms with Gasteiger partial charge in [0.1, 0.15) is 17.3 Å². The Morgan fingerprint density at radius 3 is 2.40 bits per heavy atom. The first-order valence-electron chi connectivity index (χ1n) is 5.54. The Morgan fingerprint density at radius 2 is 1.85 bits per heavy atom. The third-order valence-electron chi connectivity index (χ3n) is 2.60. The molecule has 2 rings (SSSR count). The van der Waals surface area contributed by atoms with Crippen molar-refractivity contribution in [1.29, 1.82) is 0 Å². The first kappa shape index (κ1) is 14.9. The zero-order valence-electron chi connectivity index (χ0n) is 9.99. The van der Waals surface area contributed by atoms with Crippen LogP contribution < -0.4 is 5.32 Å². The summed E-state index contributed by atoms with van der Waals surface area (Å²) in [6.45, 7) is -0.486. The van der Waals surface area contributed by atoms with Crippen LogP contribution in [-0.2, 0) is 9.59 Å². The predicted octanol–water partition coefficient (Wildman–Crippen LogP) is 1.23. The average molecular weight is 394 g/mol. The van der Waals surface area contributed by atoms with Gasteiger partial charge in [-0.15, -0.1) is 0 Å². The molecule has 0 aliphatic carbocycles. The van der Waals surface area contributed by atoms with Crippen molar-refractivity contribution in [2.24, 2.45) is 0 Å². The number of hydrogen-bond acceptors (Lipinski definition) is 4. The Balaban J connectivity index is 2.21. The fourth-order valence-electron chi connectivity index (χ4n) is 1.69. The molecule has 0 bridgehead atoms. The number of β-amino-alcohol motifs (C(OH)–C–C–N with tert-alkyl or cyclic N) is 1. The summed E-state index contributed by atoms with van der Waals surface area (Å²) < 4.78 is 26.6. The molecule has 2 N–H and O–H groups in total. The molecule has 1 heterocycles. The zero-order chi connectivity index (χ0) is 14.9. The highest BCUT2D eigenvalue weighted by Crippen LogP contribution is 2.23. The number of aliphatic hydroxyl groups is 1. The molecule has 8 heteroatoms. The number of nitrogens with zero attached hydrogens (tertiary/aromatic N) is 1. The number of imide groups is 1. The maximum Gasteiger partial charge on any atom is 0.277 e. The van der Waals surface area contributed by atoms with Crippen LogP contribution in [0, 0.1) is 15.2 Å². The third kappa shape index (κ3) is 2.80. The first-order chi connectivity index (χ1) is 9.43. The third-order valence-corrected chi connectivity index (χ3v) is 3.63. The lowest BCUT2D eigenvalue weighted by molar-refractivity contribution is -0.137. The molecule has 0 saturated heterocycles. The Hall–Kier alpha value is -1.55. The minimum atomic E-state index is -0.766. The van der Waals surface area contributed by atoms with Crippen LogP contribution in [0.15, 0.2) is 23.9 Å². The van der Waals surface area contributed by atoms with E-state index in [9.17, 15) is 18.4 Å². The molecule has 1 aromatic rings. The van der Waals surface area contributed by atoms with Gasteiger partial charge in [-0.25, -0.2) is 8.78 Å². The van der Waals surface area contributed by atoms with Crippen molar-refractivity contribution in [2.45, 2.75) is 0 Å². The molecule has 1 aromatic carbocycles. The largest absolute Gasteiger partial charge is 0.395 e. The number of aliphatic hydroxyl groups excluding tert-OH is 1. The number of benzene rings is 1. The van der Waals surface area contributed by atoms with Gasteiger partial charge in [0.15, 0.2) is 0 Å². The lowest BCUT2D eigenvalue weighted by Crippen LogP contribution is -2.34. The van der Waals surface area contributed by atoms with Crippen molar-refractivity contribution in [3.8, 4) is 0 Å². The Labute approximate surface area is 126 Å². The van der Waals surface area contributed by atoms with E-state index < -0.39 is 23.4 Å². The van der Waals surface area contributed by atoms with E-state index >= 15 is 0 Å². The summed E-state index contributed by atoms with van der Waals surface area (Å²) in [4.78, 5) is 24.1. The van der Waals surface area contributed by atoms with Gasteiger partial charge in [-0.05, 0) is 34.7 Å². The molecule has 20 heavy (non-hydrogen) atoms. The van der Waals surface area contributed by atoms with E-state index in [1.54, 1.807) is 0 Å². The molecule has 1 aliphatic heterocycles. The molecule has 106 valence electrons. The summed E-state index contributed by atoms with van der Waals surface area (Å²) in [6, 6.07) is 2.05. The van der Waals surface area contributed by atoms with Crippen LogP contribution in [0.5, 0.6) is 0 Å². The minimum absolute atomic E-state index is 0.0265. The van der Waals surface area contributed by atoms with Gasteiger partial charge in [-0.2, -0.15) is 0 Å². The van der Waals surface area contributed by atoms with Gasteiger partial charge in [0.05, 0.1) is 16.7 Å². The zero-order valence-corrected chi connectivity index (χ0v) is 12.1. The average Bonchev–Trinajstić information content (AvgIpc) is 2.64. The molecular formula is C12H9F2IN2O3. The van der Waals surface area contributed by atoms with E-state index in [4.69, 9.17) is 5.11 Å². The van der Waals surface area contributed by atoms with E-state index in [1.807, 2.05) is 0 Å². The number of hydrogen-bond donors (Lipinski definition) is 2. The van der Waals surface area contributed by atoms with E-state index in [2.05, 4.69) is 5.32 Å². The number of amides is 2. The molecule has 0 fully saturated rings. The standard InChI is InChI=1S/C12H9F2IN2O3/c13-7-3-6(4-8(14)11(7)15)16-9-5-10(19)17(1-2-18)12(9)20/h3-5,16,18H,1-2H2. The quantitative estimate of drug-likeness (QED) is 0.458. The SMILES string of the molecule is O=C1C=C(Nc2cc(F)c(I)c(F)c2)C(=O)N1CCO. The summed E-state index contributed by atoms with van der Waals surface area (Å²) >= 11 is 1.52. The number of nitrogens with one attached hydrogen (secondary N) is 1. The molecular weight excluding hydrogens is 385 g/mol. The lowest BCUT2D eigenvalue weighted by Gasteiger charge is -2.13. The summed E-state index contributed by atoms with van der Waals surface area (Å²) in [7, 11) is 0. The van der Waals surface area contributed by atoms with Crippen molar-refractivity contribution < 1.29 is 23.5 Å². The predicted molar refractivity (Wildman–Crippen MR) is 74.6 cm³/mol. The molecule has 0 unspecified atom stereocenters. The van der Waals surface area contributed by atoms with Crippen molar-refractivity contribution in [3.63, 3.8) is 0 Å². The van der Waals surface area contributed by atoms with Crippen molar-refractivity contribution in [1.82, 2.24) is 4.90 Å². The molecule has 0 spiro atoms. The molecule has 0 aromatic heterocycles. The Morgan fingerprint density at radius 1 is 1.25 bits per heavy atom. The summed E-state index contributed by atoms with van der Waals surface area (Å²) in [5.41, 5.74) is -0.0675. The normalized spacial score (nSPS) is 14.8. The topological polar surface area (TPSA) is 69.6 Å². The molecule has 1 aliphatic rings. The van der Waals surface area contributed by atoms with Crippen molar-refractivity contribution in [2.75, 3.05) is 18.5 Å². The first-order valence-corrected chi connectivity index (χ1v) is 6.62. The van der Waals surface area contributed by atoms with E-state index in [-0.39, 0.29) is 28.1 Å². The summed E-state index contributed by atoms with van der Waals surface area (Å²) in [6.07, 6.45) is 1.02. The van der Waals surface area contributed by atoms with Crippen LogP contribution in [0.4, 0.5) is 14.5 Å². The number of carbonyl (C=O) groups excluding carboxylic acids is 2. The second-order valence-corrected chi connectivity index (χ2v) is 5.03. The van der Waals surface area contributed by atoms with E-state index in [0.29, 0.717) is 0 Å². The van der Waals surface area contributed by atoms with Crippen LogP contribution in [-0.4, -0.2) is 35.0 Å². The molecule has 5 nitrogen and oxygen atoms in total. The number of carbonyl (C=O) groups is 2. The highest BCUT2D eigenvalue weighted by Gasteiger charge is 2.30. The number of anilines is 1. The van der Waals surface area contributed by atoms with Crippen LogP contribution in [0.25, 0.3) is 0 Å². The number of rotatable bonds is 4. The van der Waals surface area contributed by atoms with Gasteiger partial charge in [0, 0.05) is 11.8 Å². The smallest absolute Gasteiger partial charge is 0.277 e. The van der Waals surface area contributed by atoms with Crippen LogP contribution in [0.2, 0.25) is 0 Å². The number of halogens is 3. The van der Waals surface area contributed by atoms with E-state index in [1.165, 1.54) is 22.6 Å². The minimum Gasteiger partial charge on any atom is -0.395 e. The monoisotopic (exact) mass is 394 g/mol. The highest BCUT2D eigenvalue weighted by atomic mass is 127. The van der Waals surface area contributed by atoms with Crippen LogP contribution >= 0.6 is 22.6 Å². The van der Waals surface area contributed by atoms with Crippen LogP contribution in [0.3, 0.4) is 0 Å². The van der Waals surface area contributed by atoms with Gasteiger partial charge in [0.25, 0.3) is 11.8 Å². The summed E-state index contributed by atoms with van der Waals surface area (Å²) in [5.74, 6) is -2.77. The molecule has 0 atom stereocenters. The van der Waals surface area contributed by atoms with Crippen molar-refractivity contribution in [3.05, 3.63) is 39.1 Å². The fraction of sp³-hybridized carbons (Fsp3) is 0.167. The Kier molecular flexibility index (Phi) is 4.33. The highest BCUT2D eigenvalue weighted by molar-refractivity contribution is 14.1. The van der Waals surface area contributed by atoms with E-state index in [0.717, 1.165) is 23.1 Å². The second kappa shape index (κ2) is 5.83. The van der Waals surface area contributed by atoms with Crippen LogP contribution in [0.1, 0.15) is 0 Å². The second-order valence-electron chi connectivity index (χ2n) is 3.96. The summed E-state index contributed by atoms with van der Waals surface area (Å²) in [5, 5.41) is 11.3. The van der Waals surface area contributed by atoms with Gasteiger partial charge in [-0.3, -0.25) is 14.5 Å². The maximum absolute atomic E-state index is 13.4. The van der Waals surface area contributed by atoms with Gasteiger partial charge in [0.2, 0.25) is 0 Å². The fourth-order valence-corrected chi connectivity index (χ4v) is 2.00. The lowest BCUT2D eigenvalue weighted by atomic mass is 10.3. The van der Waals surface area contributed by atoms with Gasteiger partial charge >= 0.3 is 0 Å². The molecule has 0 radical (unpaired) electrons.